The monoisotopic (exact) mass is 341 g/mol. The van der Waals surface area contributed by atoms with E-state index in [4.69, 9.17) is 9.84 Å². The maximum Gasteiger partial charge on any atom is 0.230 e. The Bertz CT molecular complexity index is 693. The second-order valence-electron chi connectivity index (χ2n) is 6.54. The van der Waals surface area contributed by atoms with Crippen molar-refractivity contribution in [1.29, 1.82) is 0 Å². The molecule has 0 atom stereocenters. The number of hydrogen-bond acceptors (Lipinski definition) is 3. The SMILES string of the molecule is CCc1ccc(C(C)(C)C(=O)NCc2ccccc2OCCO)cc1. The second-order valence-corrected chi connectivity index (χ2v) is 6.54. The Hall–Kier alpha value is -2.33. The number of nitrogens with one attached hydrogen (secondary N) is 1. The molecule has 1 amide bonds. The van der Waals surface area contributed by atoms with Gasteiger partial charge in [-0.1, -0.05) is 49.4 Å². The van der Waals surface area contributed by atoms with Gasteiger partial charge in [-0.3, -0.25) is 4.79 Å². The maximum absolute atomic E-state index is 12.7. The highest BCUT2D eigenvalue weighted by Crippen LogP contribution is 2.25. The summed E-state index contributed by atoms with van der Waals surface area (Å²) in [5.41, 5.74) is 2.52. The second kappa shape index (κ2) is 8.67. The van der Waals surface area contributed by atoms with Crippen LogP contribution in [0, 0.1) is 0 Å². The first kappa shape index (κ1) is 19.0. The molecule has 0 saturated carbocycles. The zero-order valence-electron chi connectivity index (χ0n) is 15.2. The van der Waals surface area contributed by atoms with E-state index in [0.717, 1.165) is 17.5 Å². The predicted molar refractivity (Wildman–Crippen MR) is 99.7 cm³/mol. The van der Waals surface area contributed by atoms with E-state index < -0.39 is 5.41 Å². The molecule has 4 heteroatoms. The van der Waals surface area contributed by atoms with Crippen LogP contribution < -0.4 is 10.1 Å². The molecule has 2 rings (SSSR count). The van der Waals surface area contributed by atoms with Gasteiger partial charge in [0.1, 0.15) is 12.4 Å². The number of aliphatic hydroxyl groups excluding tert-OH is 1. The van der Waals surface area contributed by atoms with Gasteiger partial charge in [0, 0.05) is 12.1 Å². The first-order valence-electron chi connectivity index (χ1n) is 8.68. The number of ether oxygens (including phenoxy) is 1. The number of carbonyl (C=O) groups excluding carboxylic acids is 1. The third kappa shape index (κ3) is 4.83. The Morgan fingerprint density at radius 3 is 2.44 bits per heavy atom. The highest BCUT2D eigenvalue weighted by atomic mass is 16.5. The van der Waals surface area contributed by atoms with Crippen molar-refractivity contribution in [1.82, 2.24) is 5.32 Å². The van der Waals surface area contributed by atoms with Gasteiger partial charge >= 0.3 is 0 Å². The number of aryl methyl sites for hydroxylation is 1. The number of amides is 1. The van der Waals surface area contributed by atoms with Gasteiger partial charge in [-0.2, -0.15) is 0 Å². The van der Waals surface area contributed by atoms with Gasteiger partial charge in [0.2, 0.25) is 5.91 Å². The van der Waals surface area contributed by atoms with Crippen LogP contribution in [0.4, 0.5) is 0 Å². The molecule has 0 bridgehead atoms. The molecule has 2 aromatic carbocycles. The fourth-order valence-corrected chi connectivity index (χ4v) is 2.63. The van der Waals surface area contributed by atoms with Crippen LogP contribution in [0.2, 0.25) is 0 Å². The summed E-state index contributed by atoms with van der Waals surface area (Å²) in [7, 11) is 0. The number of aliphatic hydroxyl groups is 1. The lowest BCUT2D eigenvalue weighted by Gasteiger charge is -2.25. The molecule has 4 nitrogen and oxygen atoms in total. The normalized spacial score (nSPS) is 11.2. The lowest BCUT2D eigenvalue weighted by molar-refractivity contribution is -0.125. The van der Waals surface area contributed by atoms with Crippen LogP contribution in [0.1, 0.15) is 37.5 Å². The summed E-state index contributed by atoms with van der Waals surface area (Å²) in [6, 6.07) is 15.7. The fourth-order valence-electron chi connectivity index (χ4n) is 2.63. The van der Waals surface area contributed by atoms with Gasteiger partial charge in [-0.15, -0.1) is 0 Å². The molecular weight excluding hydrogens is 314 g/mol. The number of benzene rings is 2. The summed E-state index contributed by atoms with van der Waals surface area (Å²) in [5.74, 6) is 0.649. The summed E-state index contributed by atoms with van der Waals surface area (Å²) < 4.78 is 5.51. The van der Waals surface area contributed by atoms with Gasteiger partial charge in [0.15, 0.2) is 0 Å². The summed E-state index contributed by atoms with van der Waals surface area (Å²) in [6.07, 6.45) is 0.984. The standard InChI is InChI=1S/C21H27NO3/c1-4-16-9-11-18(12-10-16)21(2,3)20(24)22-15-17-7-5-6-8-19(17)25-14-13-23/h5-12,23H,4,13-15H2,1-3H3,(H,22,24). The minimum Gasteiger partial charge on any atom is -0.491 e. The molecule has 0 radical (unpaired) electrons. The Morgan fingerprint density at radius 1 is 1.12 bits per heavy atom. The lowest BCUT2D eigenvalue weighted by atomic mass is 9.83. The van der Waals surface area contributed by atoms with Crippen LogP contribution in [0.15, 0.2) is 48.5 Å². The zero-order valence-corrected chi connectivity index (χ0v) is 15.2. The third-order valence-electron chi connectivity index (χ3n) is 4.41. The molecular formula is C21H27NO3. The first-order chi connectivity index (χ1) is 12.0. The molecule has 0 aromatic heterocycles. The molecule has 0 aliphatic carbocycles. The number of rotatable bonds is 8. The molecule has 134 valence electrons. The lowest BCUT2D eigenvalue weighted by Crippen LogP contribution is -2.39. The molecule has 0 fully saturated rings. The minimum atomic E-state index is -0.618. The van der Waals surface area contributed by atoms with Crippen LogP contribution in [0.3, 0.4) is 0 Å². The molecule has 0 saturated heterocycles. The van der Waals surface area contributed by atoms with E-state index in [9.17, 15) is 4.79 Å². The van der Waals surface area contributed by atoms with Gasteiger partial charge in [0.25, 0.3) is 0 Å². The Labute approximate surface area is 149 Å². The molecule has 2 aromatic rings. The van der Waals surface area contributed by atoms with Gasteiger partial charge in [-0.05, 0) is 37.5 Å². The smallest absolute Gasteiger partial charge is 0.230 e. The van der Waals surface area contributed by atoms with Crippen LogP contribution >= 0.6 is 0 Å². The van der Waals surface area contributed by atoms with Crippen LogP contribution in [-0.2, 0) is 23.2 Å². The predicted octanol–water partition coefficient (Wildman–Crippen LogP) is 3.21. The van der Waals surface area contributed by atoms with Crippen molar-refractivity contribution in [2.75, 3.05) is 13.2 Å². The Morgan fingerprint density at radius 2 is 1.80 bits per heavy atom. The zero-order chi connectivity index (χ0) is 18.3. The van der Waals surface area contributed by atoms with Crippen molar-refractivity contribution in [2.45, 2.75) is 39.2 Å². The van der Waals surface area contributed by atoms with Gasteiger partial charge in [-0.25, -0.2) is 0 Å². The molecule has 0 spiro atoms. The van der Waals surface area contributed by atoms with E-state index in [0.29, 0.717) is 12.3 Å². The average molecular weight is 341 g/mol. The Kier molecular flexibility index (Phi) is 6.59. The van der Waals surface area contributed by atoms with Crippen molar-refractivity contribution < 1.29 is 14.6 Å². The van der Waals surface area contributed by atoms with Crippen molar-refractivity contribution in [3.63, 3.8) is 0 Å². The summed E-state index contributed by atoms with van der Waals surface area (Å²) in [4.78, 5) is 12.7. The topological polar surface area (TPSA) is 58.6 Å². The van der Waals surface area contributed by atoms with E-state index in [1.807, 2.05) is 50.2 Å². The van der Waals surface area contributed by atoms with Crippen LogP contribution in [0.25, 0.3) is 0 Å². The molecule has 0 aliphatic rings. The quantitative estimate of drug-likeness (QED) is 0.775. The highest BCUT2D eigenvalue weighted by molar-refractivity contribution is 5.87. The number of hydrogen-bond donors (Lipinski definition) is 2. The Balaban J connectivity index is 2.05. The van der Waals surface area contributed by atoms with Crippen molar-refractivity contribution in [3.8, 4) is 5.75 Å². The van der Waals surface area contributed by atoms with Gasteiger partial charge in [0.05, 0.1) is 12.0 Å². The molecule has 0 aliphatic heterocycles. The first-order valence-corrected chi connectivity index (χ1v) is 8.68. The molecule has 2 N–H and O–H groups in total. The van der Waals surface area contributed by atoms with E-state index in [1.54, 1.807) is 0 Å². The van der Waals surface area contributed by atoms with Crippen LogP contribution in [0.5, 0.6) is 5.75 Å². The van der Waals surface area contributed by atoms with E-state index in [1.165, 1.54) is 5.56 Å². The van der Waals surface area contributed by atoms with E-state index in [-0.39, 0.29) is 19.1 Å². The minimum absolute atomic E-state index is 0.0336. The molecule has 0 heterocycles. The van der Waals surface area contributed by atoms with Crippen molar-refractivity contribution >= 4 is 5.91 Å². The third-order valence-corrected chi connectivity index (χ3v) is 4.41. The highest BCUT2D eigenvalue weighted by Gasteiger charge is 2.29. The fraction of sp³-hybridized carbons (Fsp3) is 0.381. The van der Waals surface area contributed by atoms with Crippen molar-refractivity contribution in [2.24, 2.45) is 0 Å². The number of carbonyl (C=O) groups is 1. The van der Waals surface area contributed by atoms with E-state index >= 15 is 0 Å². The van der Waals surface area contributed by atoms with Gasteiger partial charge < -0.3 is 15.2 Å². The summed E-state index contributed by atoms with van der Waals surface area (Å²) >= 11 is 0. The maximum atomic E-state index is 12.7. The average Bonchev–Trinajstić information content (AvgIpc) is 2.65. The van der Waals surface area contributed by atoms with Crippen molar-refractivity contribution in [3.05, 3.63) is 65.2 Å². The molecule has 0 unspecified atom stereocenters. The largest absolute Gasteiger partial charge is 0.491 e. The van der Waals surface area contributed by atoms with E-state index in [2.05, 4.69) is 24.4 Å². The number of para-hydroxylation sites is 1. The van der Waals surface area contributed by atoms with Crippen LogP contribution in [-0.4, -0.2) is 24.2 Å². The summed E-state index contributed by atoms with van der Waals surface area (Å²) in [5, 5.41) is 11.9. The summed E-state index contributed by atoms with van der Waals surface area (Å²) in [6.45, 7) is 6.55. The molecule has 25 heavy (non-hydrogen) atoms.